The number of rotatable bonds is 9. The Kier molecular flexibility index (Phi) is 6.99. The van der Waals surface area contributed by atoms with Gasteiger partial charge in [-0.2, -0.15) is 5.10 Å². The molecule has 0 saturated carbocycles. The molecule has 2 heterocycles. The third-order valence-corrected chi connectivity index (χ3v) is 6.07. The number of benzene rings is 2. The predicted molar refractivity (Wildman–Crippen MR) is 129 cm³/mol. The zero-order valence-electron chi connectivity index (χ0n) is 18.0. The van der Waals surface area contributed by atoms with Crippen LogP contribution in [0.2, 0.25) is 0 Å². The van der Waals surface area contributed by atoms with Gasteiger partial charge in [0.15, 0.2) is 0 Å². The molecule has 4 aromatic rings. The summed E-state index contributed by atoms with van der Waals surface area (Å²) in [4.78, 5) is 9.24. The van der Waals surface area contributed by atoms with E-state index < -0.39 is 0 Å². The van der Waals surface area contributed by atoms with Crippen LogP contribution in [0.1, 0.15) is 31.9 Å². The van der Waals surface area contributed by atoms with Gasteiger partial charge in [0.05, 0.1) is 22.6 Å². The highest BCUT2D eigenvalue weighted by Gasteiger charge is 2.19. The molecule has 0 saturated heterocycles. The molecule has 0 spiro atoms. The van der Waals surface area contributed by atoms with Crippen LogP contribution in [0.3, 0.4) is 0 Å². The molecule has 0 aliphatic carbocycles. The van der Waals surface area contributed by atoms with Crippen LogP contribution in [-0.4, -0.2) is 25.5 Å². The van der Waals surface area contributed by atoms with Crippen LogP contribution in [0.4, 0.5) is 11.6 Å². The number of anilines is 2. The van der Waals surface area contributed by atoms with Crippen LogP contribution in [0.5, 0.6) is 0 Å². The highest BCUT2D eigenvalue weighted by molar-refractivity contribution is 7.99. The number of para-hydroxylation sites is 2. The summed E-state index contributed by atoms with van der Waals surface area (Å²) in [6, 6.07) is 22.2. The third-order valence-electron chi connectivity index (χ3n) is 5.01. The highest BCUT2D eigenvalue weighted by atomic mass is 32.2. The zero-order chi connectivity index (χ0) is 21.5. The first-order chi connectivity index (χ1) is 15.3. The van der Waals surface area contributed by atoms with E-state index in [4.69, 9.17) is 10.1 Å². The van der Waals surface area contributed by atoms with Gasteiger partial charge in [0.25, 0.3) is 0 Å². The molecule has 2 aromatic carbocycles. The van der Waals surface area contributed by atoms with Crippen molar-refractivity contribution in [2.45, 2.75) is 38.1 Å². The van der Waals surface area contributed by atoms with Gasteiger partial charge in [-0.3, -0.25) is 0 Å². The van der Waals surface area contributed by atoms with Gasteiger partial charge in [-0.25, -0.2) is 14.6 Å². The maximum atomic E-state index is 4.97. The summed E-state index contributed by atoms with van der Waals surface area (Å²) >= 11 is 1.81. The lowest BCUT2D eigenvalue weighted by Crippen LogP contribution is -2.00. The van der Waals surface area contributed by atoms with E-state index in [2.05, 4.69) is 36.3 Å². The molecule has 31 heavy (non-hydrogen) atoms. The van der Waals surface area contributed by atoms with Crippen LogP contribution in [0.15, 0.2) is 78.0 Å². The van der Waals surface area contributed by atoms with Gasteiger partial charge >= 0.3 is 0 Å². The Labute approximate surface area is 188 Å². The van der Waals surface area contributed by atoms with Gasteiger partial charge in [0.1, 0.15) is 5.03 Å². The van der Waals surface area contributed by atoms with E-state index >= 15 is 0 Å². The Bertz CT molecular complexity index is 1110. The molecule has 0 radical (unpaired) electrons. The van der Waals surface area contributed by atoms with Crippen molar-refractivity contribution in [1.29, 1.82) is 0 Å². The van der Waals surface area contributed by atoms with Crippen LogP contribution >= 0.6 is 11.8 Å². The summed E-state index contributed by atoms with van der Waals surface area (Å²) in [6.07, 6.45) is 5.44. The monoisotopic (exact) mass is 429 g/mol. The number of hydrogen-bond donors (Lipinski definition) is 1. The van der Waals surface area contributed by atoms with Crippen LogP contribution in [0, 0.1) is 6.92 Å². The summed E-state index contributed by atoms with van der Waals surface area (Å²) in [7, 11) is 0. The van der Waals surface area contributed by atoms with Crippen molar-refractivity contribution in [3.8, 4) is 16.9 Å². The maximum Gasteiger partial charge on any atom is 0.227 e. The van der Waals surface area contributed by atoms with E-state index in [0.717, 1.165) is 39.1 Å². The van der Waals surface area contributed by atoms with Crippen LogP contribution in [0.25, 0.3) is 16.9 Å². The topological polar surface area (TPSA) is 55.6 Å². The first-order valence-electron chi connectivity index (χ1n) is 10.7. The molecule has 6 heteroatoms. The number of nitrogens with zero attached hydrogens (tertiary/aromatic N) is 4. The largest absolute Gasteiger partial charge is 0.324 e. The lowest BCUT2D eigenvalue weighted by Gasteiger charge is -2.08. The van der Waals surface area contributed by atoms with Gasteiger partial charge in [0.2, 0.25) is 5.95 Å². The van der Waals surface area contributed by atoms with E-state index in [0.29, 0.717) is 5.95 Å². The fourth-order valence-electron chi connectivity index (χ4n) is 3.42. The number of aromatic nitrogens is 4. The second-order valence-electron chi connectivity index (χ2n) is 7.32. The van der Waals surface area contributed by atoms with E-state index in [9.17, 15) is 0 Å². The van der Waals surface area contributed by atoms with Gasteiger partial charge in [0, 0.05) is 11.9 Å². The lowest BCUT2D eigenvalue weighted by molar-refractivity contribution is 0.776. The molecule has 0 aliphatic heterocycles. The van der Waals surface area contributed by atoms with E-state index in [1.807, 2.05) is 71.0 Å². The minimum absolute atomic E-state index is 0.581. The Morgan fingerprint density at radius 3 is 2.42 bits per heavy atom. The molecular formula is C25H27N5S. The van der Waals surface area contributed by atoms with Crippen molar-refractivity contribution in [1.82, 2.24) is 19.7 Å². The fraction of sp³-hybridized carbons (Fsp3) is 0.240. The van der Waals surface area contributed by atoms with Gasteiger partial charge < -0.3 is 5.32 Å². The summed E-state index contributed by atoms with van der Waals surface area (Å²) in [5.41, 5.74) is 5.05. The molecule has 158 valence electrons. The molecule has 0 atom stereocenters. The van der Waals surface area contributed by atoms with Crippen molar-refractivity contribution in [3.05, 3.63) is 78.6 Å². The maximum absolute atomic E-state index is 4.97. The Morgan fingerprint density at radius 1 is 0.935 bits per heavy atom. The van der Waals surface area contributed by atoms with Gasteiger partial charge in [-0.15, -0.1) is 11.8 Å². The molecule has 1 N–H and O–H groups in total. The summed E-state index contributed by atoms with van der Waals surface area (Å²) in [6.45, 7) is 4.34. The molecule has 0 fully saturated rings. The second-order valence-corrected chi connectivity index (χ2v) is 8.41. The fourth-order valence-corrected chi connectivity index (χ4v) is 4.50. The number of hydrogen-bond acceptors (Lipinski definition) is 5. The molecule has 5 nitrogen and oxygen atoms in total. The van der Waals surface area contributed by atoms with Crippen molar-refractivity contribution in [3.63, 3.8) is 0 Å². The smallest absolute Gasteiger partial charge is 0.227 e. The van der Waals surface area contributed by atoms with Gasteiger partial charge in [-0.05, 0) is 49.4 Å². The van der Waals surface area contributed by atoms with E-state index in [1.165, 1.54) is 19.3 Å². The first kappa shape index (κ1) is 21.1. The predicted octanol–water partition coefficient (Wildman–Crippen LogP) is 6.66. The molecule has 0 unspecified atom stereocenters. The average Bonchev–Trinajstić information content (AvgIpc) is 3.14. The Balaban J connectivity index is 1.70. The molecular weight excluding hydrogens is 402 g/mol. The second kappa shape index (κ2) is 10.3. The van der Waals surface area contributed by atoms with Crippen molar-refractivity contribution >= 4 is 23.4 Å². The van der Waals surface area contributed by atoms with Crippen LogP contribution < -0.4 is 5.32 Å². The van der Waals surface area contributed by atoms with E-state index in [-0.39, 0.29) is 0 Å². The van der Waals surface area contributed by atoms with E-state index in [1.54, 1.807) is 6.20 Å². The molecule has 0 bridgehead atoms. The first-order valence-corrected chi connectivity index (χ1v) is 11.7. The molecule has 2 aromatic heterocycles. The summed E-state index contributed by atoms with van der Waals surface area (Å²) < 4.78 is 2.02. The van der Waals surface area contributed by atoms with Crippen molar-refractivity contribution in [2.75, 3.05) is 11.1 Å². The summed E-state index contributed by atoms with van der Waals surface area (Å²) in [5, 5.41) is 9.28. The zero-order valence-corrected chi connectivity index (χ0v) is 18.8. The molecule has 4 rings (SSSR count). The quantitative estimate of drug-likeness (QED) is 0.238. The standard InChI is InChI=1S/C25H27N5S/c1-3-4-11-18-31-24-23(19(2)30(29-24)21-14-9-6-10-15-21)22-16-17-26-25(28-22)27-20-12-7-5-8-13-20/h5-10,12-17H,3-4,11,18H2,1-2H3,(H,26,27,28). The van der Waals surface area contributed by atoms with Crippen molar-refractivity contribution in [2.24, 2.45) is 0 Å². The molecule has 0 aliphatic rings. The minimum atomic E-state index is 0.581. The number of thioether (sulfide) groups is 1. The Morgan fingerprint density at radius 2 is 1.68 bits per heavy atom. The normalized spacial score (nSPS) is 10.9. The Hall–Kier alpha value is -3.12. The minimum Gasteiger partial charge on any atom is -0.324 e. The molecule has 0 amide bonds. The van der Waals surface area contributed by atoms with Crippen molar-refractivity contribution < 1.29 is 0 Å². The van der Waals surface area contributed by atoms with Crippen LogP contribution in [-0.2, 0) is 0 Å². The average molecular weight is 430 g/mol. The number of nitrogens with one attached hydrogen (secondary N) is 1. The lowest BCUT2D eigenvalue weighted by atomic mass is 10.2. The van der Waals surface area contributed by atoms with Gasteiger partial charge in [-0.1, -0.05) is 56.2 Å². The third kappa shape index (κ3) is 5.14. The highest BCUT2D eigenvalue weighted by Crippen LogP contribution is 2.35. The number of unbranched alkanes of at least 4 members (excludes halogenated alkanes) is 2. The summed E-state index contributed by atoms with van der Waals surface area (Å²) in [5.74, 6) is 1.63. The SMILES string of the molecule is CCCCCSc1nn(-c2ccccc2)c(C)c1-c1ccnc(Nc2ccccc2)n1.